The molecule has 1 heterocycles. The van der Waals surface area contributed by atoms with Crippen molar-refractivity contribution in [1.82, 2.24) is 9.97 Å². The van der Waals surface area contributed by atoms with Crippen LogP contribution >= 0.6 is 0 Å². The summed E-state index contributed by atoms with van der Waals surface area (Å²) in [6.07, 6.45) is 2.20. The number of ether oxygens (including phenoxy) is 1. The highest BCUT2D eigenvalue weighted by molar-refractivity contribution is 5.24. The van der Waals surface area contributed by atoms with Gasteiger partial charge in [0.25, 0.3) is 0 Å². The van der Waals surface area contributed by atoms with Crippen LogP contribution < -0.4 is 10.5 Å². The molecule has 1 aromatic heterocycles. The van der Waals surface area contributed by atoms with Gasteiger partial charge in [-0.2, -0.15) is 0 Å². The summed E-state index contributed by atoms with van der Waals surface area (Å²) in [5.41, 5.74) is 5.24. The molecule has 0 saturated heterocycles. The van der Waals surface area contributed by atoms with E-state index in [1.165, 1.54) is 0 Å². The molecule has 0 radical (unpaired) electrons. The van der Waals surface area contributed by atoms with E-state index in [1.54, 1.807) is 0 Å². The number of rotatable bonds is 2. The summed E-state index contributed by atoms with van der Waals surface area (Å²) in [6.45, 7) is -5.70. The van der Waals surface area contributed by atoms with Gasteiger partial charge < -0.3 is 10.5 Å². The minimum absolute atomic E-state index is 0.136. The van der Waals surface area contributed by atoms with Gasteiger partial charge in [0.1, 0.15) is 5.82 Å². The molecule has 1 rings (SSSR count). The zero-order chi connectivity index (χ0) is 11.7. The van der Waals surface area contributed by atoms with Crippen LogP contribution in [-0.2, 0) is 0 Å². The first kappa shape index (κ1) is 2.74. The summed E-state index contributed by atoms with van der Waals surface area (Å²) < 4.78 is 39.5. The maximum Gasteiger partial charge on any atom is 0.232 e. The van der Waals surface area contributed by atoms with E-state index in [4.69, 9.17) is 12.6 Å². The van der Waals surface area contributed by atoms with E-state index in [9.17, 15) is 0 Å². The normalized spacial score (nSPS) is 19.4. The zero-order valence-electron chi connectivity index (χ0n) is 10.0. The second kappa shape index (κ2) is 3.00. The van der Waals surface area contributed by atoms with Crippen molar-refractivity contribution in [3.8, 4) is 5.88 Å². The Balaban J connectivity index is 2.82. The highest BCUT2D eigenvalue weighted by Gasteiger charge is 1.91. The predicted molar refractivity (Wildman–Crippen MR) is 37.6 cm³/mol. The predicted octanol–water partition coefficient (Wildman–Crippen LogP) is 0.458. The zero-order valence-corrected chi connectivity index (χ0v) is 5.03. The second-order valence-electron chi connectivity index (χ2n) is 1.48. The van der Waals surface area contributed by atoms with Crippen LogP contribution in [0.4, 0.5) is 5.82 Å². The van der Waals surface area contributed by atoms with Crippen molar-refractivity contribution in [3.05, 3.63) is 12.4 Å². The Morgan fingerprint density at radius 3 is 3.30 bits per heavy atom. The van der Waals surface area contributed by atoms with Gasteiger partial charge in [0.15, 0.2) is 0 Å². The van der Waals surface area contributed by atoms with Crippen molar-refractivity contribution in [2.75, 3.05) is 12.3 Å². The molecule has 4 heteroatoms. The smallest absolute Gasteiger partial charge is 0.232 e. The van der Waals surface area contributed by atoms with Gasteiger partial charge >= 0.3 is 0 Å². The first-order valence-electron chi connectivity index (χ1n) is 4.99. The average Bonchev–Trinajstić information content (AvgIpc) is 2.06. The SMILES string of the molecule is [2H]C([2H])([2H])C([2H])([2H])Oc1cnc(N)cn1. The van der Waals surface area contributed by atoms with E-state index in [0.29, 0.717) is 0 Å². The van der Waals surface area contributed by atoms with Crippen LogP contribution in [0.25, 0.3) is 0 Å². The summed E-state index contributed by atoms with van der Waals surface area (Å²) in [5.74, 6) is -0.0953. The fourth-order valence-corrected chi connectivity index (χ4v) is 0.431. The standard InChI is InChI=1S/C6H9N3O/c1-2-10-6-4-8-5(7)3-9-6/h3-4H,2H2,1H3,(H2,7,8)/i1D3,2D2. The Morgan fingerprint density at radius 1 is 1.80 bits per heavy atom. The van der Waals surface area contributed by atoms with Crippen molar-refractivity contribution in [2.24, 2.45) is 0 Å². The van der Waals surface area contributed by atoms with E-state index < -0.39 is 13.4 Å². The van der Waals surface area contributed by atoms with Crippen LogP contribution in [-0.4, -0.2) is 16.5 Å². The Hall–Kier alpha value is -1.32. The van der Waals surface area contributed by atoms with Crippen LogP contribution in [0, 0.1) is 0 Å². The largest absolute Gasteiger partial charge is 0.477 e. The van der Waals surface area contributed by atoms with Gasteiger partial charge in [0, 0.05) is 4.11 Å². The first-order chi connectivity index (χ1) is 6.72. The quantitative estimate of drug-likeness (QED) is 0.655. The molecule has 0 amide bonds. The van der Waals surface area contributed by atoms with Crippen molar-refractivity contribution in [1.29, 1.82) is 0 Å². The second-order valence-corrected chi connectivity index (χ2v) is 1.48. The number of hydrogen-bond donors (Lipinski definition) is 1. The molecule has 0 unspecified atom stereocenters. The van der Waals surface area contributed by atoms with Crippen molar-refractivity contribution in [2.45, 2.75) is 6.85 Å². The number of hydrogen-bond acceptors (Lipinski definition) is 4. The van der Waals surface area contributed by atoms with E-state index >= 15 is 0 Å². The molecule has 0 saturated carbocycles. The third-order valence-electron chi connectivity index (χ3n) is 0.804. The molecule has 54 valence electrons. The summed E-state index contributed by atoms with van der Waals surface area (Å²) >= 11 is 0. The van der Waals surface area contributed by atoms with E-state index in [-0.39, 0.29) is 11.7 Å². The van der Waals surface area contributed by atoms with Gasteiger partial charge in [-0.05, 0) is 6.85 Å². The maximum absolute atomic E-state index is 7.15. The number of aromatic nitrogens is 2. The summed E-state index contributed by atoms with van der Waals surface area (Å²) in [5, 5.41) is 0. The van der Waals surface area contributed by atoms with Gasteiger partial charge in [0.2, 0.25) is 5.88 Å². The molecule has 0 aliphatic rings. The molecule has 0 spiro atoms. The van der Waals surface area contributed by atoms with Gasteiger partial charge in [-0.1, -0.05) is 0 Å². The van der Waals surface area contributed by atoms with E-state index in [0.717, 1.165) is 12.4 Å². The molecule has 10 heavy (non-hydrogen) atoms. The molecule has 1 aromatic rings. The lowest BCUT2D eigenvalue weighted by atomic mass is 10.6. The van der Waals surface area contributed by atoms with E-state index in [2.05, 4.69) is 14.7 Å². The molecule has 0 aliphatic carbocycles. The fraction of sp³-hybridized carbons (Fsp3) is 0.333. The minimum Gasteiger partial charge on any atom is -0.477 e. The fourth-order valence-electron chi connectivity index (χ4n) is 0.431. The number of nitrogen functional groups attached to an aromatic ring is 1. The lowest BCUT2D eigenvalue weighted by molar-refractivity contribution is 0.325. The molecule has 4 nitrogen and oxygen atoms in total. The Morgan fingerprint density at radius 2 is 2.70 bits per heavy atom. The highest BCUT2D eigenvalue weighted by atomic mass is 16.5. The van der Waals surface area contributed by atoms with Gasteiger partial charge in [-0.3, -0.25) is 0 Å². The molecular weight excluding hydrogens is 130 g/mol. The van der Waals surface area contributed by atoms with Crippen LogP contribution in [0.2, 0.25) is 0 Å². The molecule has 0 fully saturated rings. The summed E-state index contributed by atoms with van der Waals surface area (Å²) in [7, 11) is 0. The third-order valence-corrected chi connectivity index (χ3v) is 0.804. The number of anilines is 1. The van der Waals surface area contributed by atoms with Crippen LogP contribution in [0.5, 0.6) is 5.88 Å². The number of nitrogens with zero attached hydrogens (tertiary/aromatic N) is 2. The molecule has 0 aromatic carbocycles. The van der Waals surface area contributed by atoms with Crippen LogP contribution in [0.1, 0.15) is 13.7 Å². The Bertz CT molecular complexity index is 336. The van der Waals surface area contributed by atoms with Crippen molar-refractivity contribution in [3.63, 3.8) is 0 Å². The minimum atomic E-state index is -2.89. The first-order valence-corrected chi connectivity index (χ1v) is 2.49. The van der Waals surface area contributed by atoms with E-state index in [1.807, 2.05) is 0 Å². The molecule has 2 N–H and O–H groups in total. The molecule has 0 aliphatic heterocycles. The lowest BCUT2D eigenvalue weighted by Crippen LogP contribution is -1.96. The molecular formula is C6H9N3O. The van der Waals surface area contributed by atoms with Crippen molar-refractivity contribution >= 4 is 5.82 Å². The van der Waals surface area contributed by atoms with Crippen molar-refractivity contribution < 1.29 is 11.6 Å². The molecule has 0 bridgehead atoms. The van der Waals surface area contributed by atoms with Gasteiger partial charge in [-0.25, -0.2) is 9.97 Å². The topological polar surface area (TPSA) is 61.0 Å². The van der Waals surface area contributed by atoms with Gasteiger partial charge in [-0.15, -0.1) is 0 Å². The summed E-state index contributed by atoms with van der Waals surface area (Å²) in [6, 6.07) is 0. The monoisotopic (exact) mass is 144 g/mol. The molecule has 0 atom stereocenters. The van der Waals surface area contributed by atoms with Gasteiger partial charge in [0.05, 0.1) is 21.7 Å². The average molecular weight is 144 g/mol. The Labute approximate surface area is 66.1 Å². The summed E-state index contributed by atoms with van der Waals surface area (Å²) in [4.78, 5) is 7.16. The van der Waals surface area contributed by atoms with Crippen LogP contribution in [0.3, 0.4) is 0 Å². The number of nitrogens with two attached hydrogens (primary N) is 1. The third kappa shape index (κ3) is 1.58. The highest BCUT2D eigenvalue weighted by Crippen LogP contribution is 2.03. The maximum atomic E-state index is 7.15. The Kier molecular flexibility index (Phi) is 0.822. The van der Waals surface area contributed by atoms with Crippen LogP contribution in [0.15, 0.2) is 12.4 Å². The lowest BCUT2D eigenvalue weighted by Gasteiger charge is -1.98.